The minimum absolute atomic E-state index is 0.0720. The van der Waals surface area contributed by atoms with Crippen molar-refractivity contribution >= 4 is 17.5 Å². The third-order valence-electron chi connectivity index (χ3n) is 4.00. The van der Waals surface area contributed by atoms with Crippen molar-refractivity contribution in [2.45, 2.75) is 13.5 Å². The lowest BCUT2D eigenvalue weighted by Gasteiger charge is -2.09. The maximum atomic E-state index is 13.2. The summed E-state index contributed by atoms with van der Waals surface area (Å²) in [5.74, 6) is -1.35. The molecule has 2 aromatic carbocycles. The van der Waals surface area contributed by atoms with Crippen LogP contribution in [0.4, 0.5) is 10.1 Å². The lowest BCUT2D eigenvalue weighted by Crippen LogP contribution is -2.25. The summed E-state index contributed by atoms with van der Waals surface area (Å²) in [5.41, 5.74) is 2.61. The molecule has 136 valence electrons. The number of carbonyl (C=O) groups excluding carboxylic acids is 2. The van der Waals surface area contributed by atoms with Crippen LogP contribution in [0.5, 0.6) is 0 Å². The first-order valence-corrected chi connectivity index (χ1v) is 8.39. The van der Waals surface area contributed by atoms with Crippen molar-refractivity contribution in [1.82, 2.24) is 10.3 Å². The summed E-state index contributed by atoms with van der Waals surface area (Å²) in [7, 11) is 0. The first-order chi connectivity index (χ1) is 13.0. The van der Waals surface area contributed by atoms with Crippen LogP contribution in [0, 0.1) is 12.7 Å². The van der Waals surface area contributed by atoms with E-state index in [0.717, 1.165) is 11.1 Å². The van der Waals surface area contributed by atoms with Crippen molar-refractivity contribution < 1.29 is 14.0 Å². The van der Waals surface area contributed by atoms with Crippen molar-refractivity contribution in [2.24, 2.45) is 0 Å². The molecule has 6 heteroatoms. The van der Waals surface area contributed by atoms with Crippen LogP contribution < -0.4 is 10.6 Å². The molecule has 0 fully saturated rings. The Morgan fingerprint density at radius 3 is 2.37 bits per heavy atom. The van der Waals surface area contributed by atoms with E-state index >= 15 is 0 Å². The Hall–Kier alpha value is -3.54. The molecule has 3 aromatic rings. The monoisotopic (exact) mass is 363 g/mol. The number of amides is 2. The zero-order valence-electron chi connectivity index (χ0n) is 14.7. The van der Waals surface area contributed by atoms with E-state index in [2.05, 4.69) is 15.6 Å². The van der Waals surface area contributed by atoms with Crippen LogP contribution in [0.25, 0.3) is 0 Å². The average Bonchev–Trinajstić information content (AvgIpc) is 2.67. The Morgan fingerprint density at radius 2 is 1.63 bits per heavy atom. The highest BCUT2D eigenvalue weighted by Gasteiger charge is 2.13. The van der Waals surface area contributed by atoms with E-state index in [0.29, 0.717) is 12.2 Å². The van der Waals surface area contributed by atoms with Crippen LogP contribution in [0.2, 0.25) is 0 Å². The molecule has 1 aromatic heterocycles. The number of aryl methyl sites for hydroxylation is 1. The second-order valence-corrected chi connectivity index (χ2v) is 5.98. The maximum absolute atomic E-state index is 13.2. The van der Waals surface area contributed by atoms with Gasteiger partial charge in [-0.1, -0.05) is 36.4 Å². The third kappa shape index (κ3) is 4.76. The summed E-state index contributed by atoms with van der Waals surface area (Å²) in [4.78, 5) is 28.8. The summed E-state index contributed by atoms with van der Waals surface area (Å²) >= 11 is 0. The van der Waals surface area contributed by atoms with Gasteiger partial charge >= 0.3 is 0 Å². The molecular formula is C21H18FN3O2. The van der Waals surface area contributed by atoms with Crippen molar-refractivity contribution in [1.29, 1.82) is 0 Å². The van der Waals surface area contributed by atoms with Crippen molar-refractivity contribution in [3.8, 4) is 0 Å². The molecule has 0 atom stereocenters. The van der Waals surface area contributed by atoms with E-state index in [4.69, 9.17) is 0 Å². The SMILES string of the molecule is Cc1ccccc1CNC(=O)c1cccc(C(=O)Nc2cccc(F)c2)n1. The Morgan fingerprint density at radius 1 is 0.926 bits per heavy atom. The summed E-state index contributed by atoms with van der Waals surface area (Å²) in [6, 6.07) is 17.9. The molecule has 0 aliphatic heterocycles. The van der Waals surface area contributed by atoms with Gasteiger partial charge in [-0.2, -0.15) is 0 Å². The molecule has 0 radical (unpaired) electrons. The highest BCUT2D eigenvalue weighted by Crippen LogP contribution is 2.11. The molecule has 0 bridgehead atoms. The van der Waals surface area contributed by atoms with Crippen LogP contribution in [-0.4, -0.2) is 16.8 Å². The molecule has 2 N–H and O–H groups in total. The Labute approximate surface area is 156 Å². The van der Waals surface area contributed by atoms with Crippen molar-refractivity contribution in [3.05, 3.63) is 95.1 Å². The smallest absolute Gasteiger partial charge is 0.274 e. The van der Waals surface area contributed by atoms with Gasteiger partial charge in [0.05, 0.1) is 0 Å². The summed E-state index contributed by atoms with van der Waals surface area (Å²) in [6.07, 6.45) is 0. The van der Waals surface area contributed by atoms with Gasteiger partial charge in [0.15, 0.2) is 0 Å². The Bertz CT molecular complexity index is 988. The number of carbonyl (C=O) groups is 2. The molecule has 0 aliphatic carbocycles. The zero-order valence-corrected chi connectivity index (χ0v) is 14.7. The third-order valence-corrected chi connectivity index (χ3v) is 4.00. The van der Waals surface area contributed by atoms with E-state index < -0.39 is 11.7 Å². The van der Waals surface area contributed by atoms with Gasteiger partial charge in [0, 0.05) is 12.2 Å². The maximum Gasteiger partial charge on any atom is 0.274 e. The van der Waals surface area contributed by atoms with Crippen molar-refractivity contribution in [2.75, 3.05) is 5.32 Å². The van der Waals surface area contributed by atoms with Gasteiger partial charge in [-0.3, -0.25) is 9.59 Å². The number of hydrogen-bond acceptors (Lipinski definition) is 3. The minimum Gasteiger partial charge on any atom is -0.347 e. The van der Waals surface area contributed by atoms with Crippen LogP contribution >= 0.6 is 0 Å². The number of benzene rings is 2. The predicted octanol–water partition coefficient (Wildman–Crippen LogP) is 3.71. The van der Waals surface area contributed by atoms with E-state index in [-0.39, 0.29) is 17.3 Å². The fraction of sp³-hybridized carbons (Fsp3) is 0.0952. The van der Waals surface area contributed by atoms with Crippen LogP contribution in [-0.2, 0) is 6.54 Å². The first kappa shape index (κ1) is 18.3. The molecule has 0 saturated carbocycles. The number of halogens is 1. The Balaban J connectivity index is 1.68. The van der Waals surface area contributed by atoms with Crippen LogP contribution in [0.1, 0.15) is 32.1 Å². The van der Waals surface area contributed by atoms with Crippen molar-refractivity contribution in [3.63, 3.8) is 0 Å². The molecular weight excluding hydrogens is 345 g/mol. The van der Waals surface area contributed by atoms with Gasteiger partial charge in [-0.25, -0.2) is 9.37 Å². The van der Waals surface area contributed by atoms with E-state index in [1.165, 1.54) is 30.3 Å². The zero-order chi connectivity index (χ0) is 19.2. The van der Waals surface area contributed by atoms with Gasteiger partial charge in [0.25, 0.3) is 11.8 Å². The molecule has 2 amide bonds. The number of nitrogens with zero attached hydrogens (tertiary/aromatic N) is 1. The molecule has 5 nitrogen and oxygen atoms in total. The molecule has 0 unspecified atom stereocenters. The first-order valence-electron chi connectivity index (χ1n) is 8.39. The topological polar surface area (TPSA) is 71.1 Å². The summed E-state index contributed by atoms with van der Waals surface area (Å²) in [6.45, 7) is 2.34. The molecule has 0 aliphatic rings. The fourth-order valence-corrected chi connectivity index (χ4v) is 2.52. The van der Waals surface area contributed by atoms with E-state index in [9.17, 15) is 14.0 Å². The fourth-order valence-electron chi connectivity index (χ4n) is 2.52. The quantitative estimate of drug-likeness (QED) is 0.726. The molecule has 0 spiro atoms. The molecule has 27 heavy (non-hydrogen) atoms. The normalized spacial score (nSPS) is 10.3. The lowest BCUT2D eigenvalue weighted by molar-refractivity contribution is 0.0945. The Kier molecular flexibility index (Phi) is 5.56. The molecule has 0 saturated heterocycles. The molecule has 3 rings (SSSR count). The van der Waals surface area contributed by atoms with Crippen LogP contribution in [0.3, 0.4) is 0 Å². The average molecular weight is 363 g/mol. The van der Waals surface area contributed by atoms with Crippen LogP contribution in [0.15, 0.2) is 66.7 Å². The van der Waals surface area contributed by atoms with Gasteiger partial charge in [-0.05, 0) is 48.4 Å². The van der Waals surface area contributed by atoms with Gasteiger partial charge in [-0.15, -0.1) is 0 Å². The number of nitrogens with one attached hydrogen (secondary N) is 2. The predicted molar refractivity (Wildman–Crippen MR) is 101 cm³/mol. The molecule has 1 heterocycles. The largest absolute Gasteiger partial charge is 0.347 e. The van der Waals surface area contributed by atoms with Gasteiger partial charge in [0.1, 0.15) is 17.2 Å². The lowest BCUT2D eigenvalue weighted by atomic mass is 10.1. The summed E-state index contributed by atoms with van der Waals surface area (Å²) < 4.78 is 13.2. The van der Waals surface area contributed by atoms with Gasteiger partial charge in [0.2, 0.25) is 0 Å². The number of aromatic nitrogens is 1. The number of anilines is 1. The van der Waals surface area contributed by atoms with Gasteiger partial charge < -0.3 is 10.6 Å². The number of pyridine rings is 1. The highest BCUT2D eigenvalue weighted by molar-refractivity contribution is 6.03. The van der Waals surface area contributed by atoms with E-state index in [1.54, 1.807) is 12.1 Å². The van der Waals surface area contributed by atoms with E-state index in [1.807, 2.05) is 31.2 Å². The highest BCUT2D eigenvalue weighted by atomic mass is 19.1. The minimum atomic E-state index is -0.519. The summed E-state index contributed by atoms with van der Waals surface area (Å²) in [5, 5.41) is 5.35. The standard InChI is InChI=1S/C21H18FN3O2/c1-14-6-2-3-7-15(14)13-23-20(26)18-10-5-11-19(25-18)21(27)24-17-9-4-8-16(22)12-17/h2-12H,13H2,1H3,(H,23,26)(H,24,27). The number of rotatable bonds is 5. The number of hydrogen-bond donors (Lipinski definition) is 2. The second kappa shape index (κ2) is 8.23. The second-order valence-electron chi connectivity index (χ2n) is 5.98.